The van der Waals surface area contributed by atoms with E-state index in [9.17, 15) is 5.11 Å². The van der Waals surface area contributed by atoms with Crippen LogP contribution in [0.4, 0.5) is 0 Å². The Morgan fingerprint density at radius 1 is 1.35 bits per heavy atom. The molecule has 0 amide bonds. The minimum atomic E-state index is -1.14. The molecule has 94 valence electrons. The minimum Gasteiger partial charge on any atom is -0.512 e. The lowest BCUT2D eigenvalue weighted by Gasteiger charge is -2.07. The first-order valence-electron chi connectivity index (χ1n) is 5.22. The molecule has 0 aliphatic heterocycles. The standard InChI is InChI=1S/C12H17NO4/c1-16-10-2-4-11(5-3-10)17-7-6-9(14)8-12(13)15/h2-5,8,12,14-15H,6-7,13H2,1H3/b9-8-. The molecule has 1 aromatic rings. The molecule has 5 heteroatoms. The predicted molar refractivity (Wildman–Crippen MR) is 64.0 cm³/mol. The number of hydrogen-bond donors (Lipinski definition) is 3. The lowest BCUT2D eigenvalue weighted by molar-refractivity contribution is 0.220. The first-order valence-corrected chi connectivity index (χ1v) is 5.22. The van der Waals surface area contributed by atoms with Crippen LogP contribution < -0.4 is 15.2 Å². The summed E-state index contributed by atoms with van der Waals surface area (Å²) in [5.41, 5.74) is 5.07. The highest BCUT2D eigenvalue weighted by atomic mass is 16.5. The number of rotatable bonds is 6. The Labute approximate surface area is 100 Å². The van der Waals surface area contributed by atoms with E-state index < -0.39 is 6.23 Å². The van der Waals surface area contributed by atoms with E-state index in [1.807, 2.05) is 0 Å². The van der Waals surface area contributed by atoms with Crippen molar-refractivity contribution < 1.29 is 19.7 Å². The molecule has 1 atom stereocenters. The Balaban J connectivity index is 2.35. The quantitative estimate of drug-likeness (QED) is 0.513. The van der Waals surface area contributed by atoms with Crippen LogP contribution in [0.25, 0.3) is 0 Å². The van der Waals surface area contributed by atoms with Gasteiger partial charge in [-0.05, 0) is 30.3 Å². The van der Waals surface area contributed by atoms with E-state index in [1.54, 1.807) is 31.4 Å². The topological polar surface area (TPSA) is 84.9 Å². The van der Waals surface area contributed by atoms with Crippen molar-refractivity contribution in [2.45, 2.75) is 12.6 Å². The summed E-state index contributed by atoms with van der Waals surface area (Å²) in [6.07, 6.45) is 0.313. The van der Waals surface area contributed by atoms with Crippen LogP contribution in [0.5, 0.6) is 11.5 Å². The fourth-order valence-corrected chi connectivity index (χ4v) is 1.23. The fourth-order valence-electron chi connectivity index (χ4n) is 1.23. The van der Waals surface area contributed by atoms with Gasteiger partial charge in [-0.15, -0.1) is 0 Å². The highest BCUT2D eigenvalue weighted by Crippen LogP contribution is 2.17. The molecular formula is C12H17NO4. The van der Waals surface area contributed by atoms with E-state index >= 15 is 0 Å². The number of aliphatic hydroxyl groups is 2. The molecule has 0 heterocycles. The van der Waals surface area contributed by atoms with Gasteiger partial charge in [-0.3, -0.25) is 0 Å². The number of hydrogen-bond acceptors (Lipinski definition) is 5. The van der Waals surface area contributed by atoms with Gasteiger partial charge >= 0.3 is 0 Å². The molecule has 0 saturated carbocycles. The van der Waals surface area contributed by atoms with Crippen molar-refractivity contribution in [3.8, 4) is 11.5 Å². The summed E-state index contributed by atoms with van der Waals surface area (Å²) in [6, 6.07) is 7.12. The van der Waals surface area contributed by atoms with Crippen molar-refractivity contribution in [2.24, 2.45) is 5.73 Å². The predicted octanol–water partition coefficient (Wildman–Crippen LogP) is 1.18. The molecule has 1 aromatic carbocycles. The molecule has 0 saturated heterocycles. The summed E-state index contributed by atoms with van der Waals surface area (Å²) in [5.74, 6) is 1.45. The van der Waals surface area contributed by atoms with Crippen molar-refractivity contribution in [3.63, 3.8) is 0 Å². The van der Waals surface area contributed by atoms with Crippen LogP contribution >= 0.6 is 0 Å². The molecule has 0 aliphatic carbocycles. The SMILES string of the molecule is COc1ccc(OCC/C(O)=C/C(N)O)cc1. The zero-order valence-electron chi connectivity index (χ0n) is 9.67. The third-order valence-corrected chi connectivity index (χ3v) is 2.05. The third kappa shape index (κ3) is 5.24. The summed E-state index contributed by atoms with van der Waals surface area (Å²) in [7, 11) is 1.59. The maximum absolute atomic E-state index is 9.30. The summed E-state index contributed by atoms with van der Waals surface area (Å²) in [4.78, 5) is 0. The number of nitrogens with two attached hydrogens (primary N) is 1. The van der Waals surface area contributed by atoms with Crippen molar-refractivity contribution in [1.29, 1.82) is 0 Å². The Morgan fingerprint density at radius 2 is 1.94 bits per heavy atom. The molecule has 0 bridgehead atoms. The first-order chi connectivity index (χ1) is 8.11. The lowest BCUT2D eigenvalue weighted by atomic mass is 10.3. The first kappa shape index (κ1) is 13.3. The number of aliphatic hydroxyl groups excluding tert-OH is 2. The molecule has 0 fully saturated rings. The maximum Gasteiger partial charge on any atom is 0.125 e. The van der Waals surface area contributed by atoms with Crippen molar-refractivity contribution in [2.75, 3.05) is 13.7 Å². The van der Waals surface area contributed by atoms with Gasteiger partial charge in [-0.1, -0.05) is 0 Å². The Hall–Kier alpha value is -1.72. The van der Waals surface area contributed by atoms with Crippen molar-refractivity contribution in [3.05, 3.63) is 36.1 Å². The molecule has 0 spiro atoms. The number of ether oxygens (including phenoxy) is 2. The van der Waals surface area contributed by atoms with Gasteiger partial charge in [0.1, 0.15) is 17.7 Å². The van der Waals surface area contributed by atoms with Gasteiger partial charge in [-0.2, -0.15) is 0 Å². The normalized spacial score (nSPS) is 13.2. The zero-order valence-corrected chi connectivity index (χ0v) is 9.67. The van der Waals surface area contributed by atoms with Crippen LogP contribution in [0.2, 0.25) is 0 Å². The fraction of sp³-hybridized carbons (Fsp3) is 0.333. The highest BCUT2D eigenvalue weighted by Gasteiger charge is 1.99. The van der Waals surface area contributed by atoms with E-state index in [-0.39, 0.29) is 5.76 Å². The minimum absolute atomic E-state index is 0.00788. The van der Waals surface area contributed by atoms with Crippen LogP contribution in [0.1, 0.15) is 6.42 Å². The Bertz CT molecular complexity index is 359. The number of methoxy groups -OCH3 is 1. The van der Waals surface area contributed by atoms with Gasteiger partial charge in [0, 0.05) is 6.42 Å². The van der Waals surface area contributed by atoms with Crippen LogP contribution in [0.3, 0.4) is 0 Å². The average molecular weight is 239 g/mol. The van der Waals surface area contributed by atoms with E-state index in [0.717, 1.165) is 11.8 Å². The second kappa shape index (κ2) is 6.78. The monoisotopic (exact) mass is 239 g/mol. The smallest absolute Gasteiger partial charge is 0.125 e. The molecular weight excluding hydrogens is 222 g/mol. The molecule has 0 aromatic heterocycles. The van der Waals surface area contributed by atoms with Crippen molar-refractivity contribution in [1.82, 2.24) is 0 Å². The van der Waals surface area contributed by atoms with Gasteiger partial charge in [0.15, 0.2) is 0 Å². The van der Waals surface area contributed by atoms with Crippen molar-refractivity contribution >= 4 is 0 Å². The lowest BCUT2D eigenvalue weighted by Crippen LogP contribution is -2.16. The van der Waals surface area contributed by atoms with Gasteiger partial charge < -0.3 is 25.4 Å². The van der Waals surface area contributed by atoms with Crippen LogP contribution in [0.15, 0.2) is 36.1 Å². The van der Waals surface area contributed by atoms with E-state index in [1.165, 1.54) is 0 Å². The zero-order chi connectivity index (χ0) is 12.7. The number of benzene rings is 1. The highest BCUT2D eigenvalue weighted by molar-refractivity contribution is 5.31. The van der Waals surface area contributed by atoms with E-state index in [2.05, 4.69) is 0 Å². The van der Waals surface area contributed by atoms with Crippen LogP contribution in [0, 0.1) is 0 Å². The van der Waals surface area contributed by atoms with E-state index in [0.29, 0.717) is 18.8 Å². The van der Waals surface area contributed by atoms with Gasteiger partial charge in [0.25, 0.3) is 0 Å². The summed E-state index contributed by atoms with van der Waals surface area (Å²) in [5, 5.41) is 18.1. The molecule has 4 N–H and O–H groups in total. The average Bonchev–Trinajstić information content (AvgIpc) is 2.29. The largest absolute Gasteiger partial charge is 0.512 e. The molecule has 1 rings (SSSR count). The van der Waals surface area contributed by atoms with Gasteiger partial charge in [0.2, 0.25) is 0 Å². The Kier molecular flexibility index (Phi) is 5.32. The molecule has 1 unspecified atom stereocenters. The second-order valence-electron chi connectivity index (χ2n) is 3.42. The van der Waals surface area contributed by atoms with Gasteiger partial charge in [-0.25, -0.2) is 0 Å². The summed E-state index contributed by atoms with van der Waals surface area (Å²) < 4.78 is 10.4. The molecule has 17 heavy (non-hydrogen) atoms. The molecule has 5 nitrogen and oxygen atoms in total. The third-order valence-electron chi connectivity index (χ3n) is 2.05. The van der Waals surface area contributed by atoms with Crippen LogP contribution in [-0.4, -0.2) is 30.2 Å². The summed E-state index contributed by atoms with van der Waals surface area (Å²) >= 11 is 0. The van der Waals surface area contributed by atoms with Gasteiger partial charge in [0.05, 0.1) is 19.5 Å². The molecule has 0 radical (unpaired) electrons. The van der Waals surface area contributed by atoms with Crippen LogP contribution in [-0.2, 0) is 0 Å². The summed E-state index contributed by atoms with van der Waals surface area (Å²) in [6.45, 7) is 0.307. The second-order valence-corrected chi connectivity index (χ2v) is 3.42. The Morgan fingerprint density at radius 3 is 2.47 bits per heavy atom. The molecule has 0 aliphatic rings. The van der Waals surface area contributed by atoms with E-state index in [4.69, 9.17) is 20.3 Å². The maximum atomic E-state index is 9.30.